The summed E-state index contributed by atoms with van der Waals surface area (Å²) in [7, 11) is 0. The minimum absolute atomic E-state index is 0.0315. The molecule has 3 unspecified atom stereocenters. The first-order chi connectivity index (χ1) is 11.6. The highest BCUT2D eigenvalue weighted by molar-refractivity contribution is 4.74. The van der Waals surface area contributed by atoms with Crippen molar-refractivity contribution in [2.45, 2.75) is 135 Å². The smallest absolute Gasteiger partial charge is 0.0555 e. The molecule has 0 saturated heterocycles. The Hall–Kier alpha value is -0.120. The molecule has 3 heteroatoms. The van der Waals surface area contributed by atoms with Crippen LogP contribution in [-0.2, 0) is 0 Å². The van der Waals surface area contributed by atoms with E-state index in [4.69, 9.17) is 11.5 Å². The van der Waals surface area contributed by atoms with Gasteiger partial charge in [0.15, 0.2) is 0 Å². The lowest BCUT2D eigenvalue weighted by atomic mass is 9.99. The van der Waals surface area contributed by atoms with E-state index in [9.17, 15) is 5.11 Å². The number of hydrogen-bond donors (Lipinski definition) is 3. The van der Waals surface area contributed by atoms with Gasteiger partial charge in [-0.15, -0.1) is 0 Å². The van der Waals surface area contributed by atoms with Gasteiger partial charge in [0.1, 0.15) is 0 Å². The van der Waals surface area contributed by atoms with Gasteiger partial charge >= 0.3 is 0 Å². The zero-order valence-corrected chi connectivity index (χ0v) is 16.6. The van der Waals surface area contributed by atoms with Gasteiger partial charge in [0.25, 0.3) is 0 Å². The van der Waals surface area contributed by atoms with Crippen molar-refractivity contribution < 1.29 is 5.11 Å². The second-order valence-corrected chi connectivity index (χ2v) is 7.80. The number of aliphatic hydroxyl groups excluding tert-OH is 1. The van der Waals surface area contributed by atoms with Gasteiger partial charge in [0.05, 0.1) is 6.10 Å². The molecule has 0 amide bonds. The van der Waals surface area contributed by atoms with Crippen molar-refractivity contribution in [3.8, 4) is 0 Å². The summed E-state index contributed by atoms with van der Waals surface area (Å²) in [5.74, 6) is 0. The molecular weight excluding hydrogens is 296 g/mol. The van der Waals surface area contributed by atoms with E-state index >= 15 is 0 Å². The minimum Gasteiger partial charge on any atom is -0.393 e. The van der Waals surface area contributed by atoms with Crippen LogP contribution < -0.4 is 11.5 Å². The molecule has 24 heavy (non-hydrogen) atoms. The Morgan fingerprint density at radius 1 is 0.667 bits per heavy atom. The summed E-state index contributed by atoms with van der Waals surface area (Å²) in [5.41, 5.74) is 11.6. The van der Waals surface area contributed by atoms with E-state index in [1.165, 1.54) is 83.5 Å². The third kappa shape index (κ3) is 16.7. The maximum atomic E-state index is 9.92. The first kappa shape index (κ1) is 23.9. The topological polar surface area (TPSA) is 72.3 Å². The van der Waals surface area contributed by atoms with Gasteiger partial charge in [-0.05, 0) is 19.8 Å². The number of rotatable bonds is 18. The van der Waals surface area contributed by atoms with Gasteiger partial charge in [-0.3, -0.25) is 0 Å². The Kier molecular flexibility index (Phi) is 17.6. The van der Waals surface area contributed by atoms with E-state index in [0.717, 1.165) is 12.8 Å². The van der Waals surface area contributed by atoms with Crippen molar-refractivity contribution in [1.82, 2.24) is 0 Å². The molecule has 0 rings (SSSR count). The number of unbranched alkanes of at least 4 members (excludes halogenated alkanes) is 13. The molecule has 0 aliphatic rings. The highest BCUT2D eigenvalue weighted by Gasteiger charge is 2.13. The monoisotopic (exact) mass is 342 g/mol. The molecular formula is C21H46N2O. The first-order valence-electron chi connectivity index (χ1n) is 10.8. The second kappa shape index (κ2) is 17.7. The van der Waals surface area contributed by atoms with E-state index < -0.39 is 0 Å². The Morgan fingerprint density at radius 2 is 1.04 bits per heavy atom. The Morgan fingerprint density at radius 3 is 1.42 bits per heavy atom. The van der Waals surface area contributed by atoms with Gasteiger partial charge in [-0.25, -0.2) is 0 Å². The second-order valence-electron chi connectivity index (χ2n) is 7.80. The summed E-state index contributed by atoms with van der Waals surface area (Å²) in [6.07, 6.45) is 20.4. The molecule has 0 fully saturated rings. The summed E-state index contributed by atoms with van der Waals surface area (Å²) in [6.45, 7) is 4.18. The summed E-state index contributed by atoms with van der Waals surface area (Å²) in [6, 6.07) is -0.109. The van der Waals surface area contributed by atoms with Crippen LogP contribution in [0.1, 0.15) is 117 Å². The van der Waals surface area contributed by atoms with E-state index in [1.54, 1.807) is 0 Å². The SMILES string of the molecule is CCCCCCCCCCCCCCCCC(O)CC(N)C(C)N. The average molecular weight is 343 g/mol. The summed E-state index contributed by atoms with van der Waals surface area (Å²) in [5, 5.41) is 9.92. The van der Waals surface area contributed by atoms with Gasteiger partial charge < -0.3 is 16.6 Å². The molecule has 0 bridgehead atoms. The number of nitrogens with two attached hydrogens (primary N) is 2. The van der Waals surface area contributed by atoms with Crippen LogP contribution in [-0.4, -0.2) is 23.3 Å². The van der Waals surface area contributed by atoms with E-state index in [-0.39, 0.29) is 18.2 Å². The lowest BCUT2D eigenvalue weighted by Gasteiger charge is -2.19. The van der Waals surface area contributed by atoms with E-state index in [0.29, 0.717) is 6.42 Å². The normalized spacial score (nSPS) is 15.4. The highest BCUT2D eigenvalue weighted by atomic mass is 16.3. The molecule has 146 valence electrons. The fourth-order valence-corrected chi connectivity index (χ4v) is 3.22. The van der Waals surface area contributed by atoms with Gasteiger partial charge in [-0.1, -0.05) is 96.8 Å². The van der Waals surface area contributed by atoms with Crippen LogP contribution >= 0.6 is 0 Å². The van der Waals surface area contributed by atoms with E-state index in [1.807, 2.05) is 6.92 Å². The molecule has 0 aromatic carbocycles. The third-order valence-corrected chi connectivity index (χ3v) is 5.11. The molecule has 0 aliphatic heterocycles. The van der Waals surface area contributed by atoms with Crippen molar-refractivity contribution in [2.24, 2.45) is 11.5 Å². The van der Waals surface area contributed by atoms with Gasteiger partial charge in [-0.2, -0.15) is 0 Å². The minimum atomic E-state index is -0.275. The van der Waals surface area contributed by atoms with E-state index in [2.05, 4.69) is 6.92 Å². The largest absolute Gasteiger partial charge is 0.393 e. The number of hydrogen-bond acceptors (Lipinski definition) is 3. The van der Waals surface area contributed by atoms with Gasteiger partial charge in [0, 0.05) is 12.1 Å². The number of aliphatic hydroxyl groups is 1. The molecule has 5 N–H and O–H groups in total. The molecule has 0 aliphatic carbocycles. The maximum absolute atomic E-state index is 9.92. The van der Waals surface area contributed by atoms with Crippen LogP contribution in [0.15, 0.2) is 0 Å². The fourth-order valence-electron chi connectivity index (χ4n) is 3.22. The predicted octanol–water partition coefficient (Wildman–Crippen LogP) is 5.28. The zero-order valence-electron chi connectivity index (χ0n) is 16.6. The quantitative estimate of drug-likeness (QED) is 0.297. The lowest BCUT2D eigenvalue weighted by Crippen LogP contribution is -2.41. The molecule has 0 saturated carbocycles. The fraction of sp³-hybridized carbons (Fsp3) is 1.00. The van der Waals surface area contributed by atoms with Crippen LogP contribution in [0, 0.1) is 0 Å². The molecule has 0 aromatic heterocycles. The average Bonchev–Trinajstić information content (AvgIpc) is 2.55. The van der Waals surface area contributed by atoms with Crippen LogP contribution in [0.25, 0.3) is 0 Å². The molecule has 3 nitrogen and oxygen atoms in total. The van der Waals surface area contributed by atoms with Crippen molar-refractivity contribution in [3.63, 3.8) is 0 Å². The predicted molar refractivity (Wildman–Crippen MR) is 107 cm³/mol. The van der Waals surface area contributed by atoms with Crippen LogP contribution in [0.3, 0.4) is 0 Å². The molecule has 0 radical (unpaired) electrons. The maximum Gasteiger partial charge on any atom is 0.0555 e. The van der Waals surface area contributed by atoms with Crippen LogP contribution in [0.5, 0.6) is 0 Å². The van der Waals surface area contributed by atoms with Crippen LogP contribution in [0.2, 0.25) is 0 Å². The molecule has 0 heterocycles. The highest BCUT2D eigenvalue weighted by Crippen LogP contribution is 2.14. The van der Waals surface area contributed by atoms with Crippen LogP contribution in [0.4, 0.5) is 0 Å². The summed E-state index contributed by atoms with van der Waals surface area (Å²) in [4.78, 5) is 0. The van der Waals surface area contributed by atoms with Crippen molar-refractivity contribution in [1.29, 1.82) is 0 Å². The van der Waals surface area contributed by atoms with Crippen molar-refractivity contribution in [2.75, 3.05) is 0 Å². The summed E-state index contributed by atoms with van der Waals surface area (Å²) < 4.78 is 0. The molecule has 0 spiro atoms. The molecule has 3 atom stereocenters. The zero-order chi connectivity index (χ0) is 18.0. The standard InChI is InChI=1S/C21H46N2O/c1-3-4-5-6-7-8-9-10-11-12-13-14-15-16-17-20(24)18-21(23)19(2)22/h19-21,24H,3-18,22-23H2,1-2H3. The third-order valence-electron chi connectivity index (χ3n) is 5.11. The Labute approximate surface area is 152 Å². The lowest BCUT2D eigenvalue weighted by molar-refractivity contribution is 0.139. The Bertz CT molecular complexity index is 246. The molecule has 0 aromatic rings. The van der Waals surface area contributed by atoms with Gasteiger partial charge in [0.2, 0.25) is 0 Å². The first-order valence-corrected chi connectivity index (χ1v) is 10.8. The van der Waals surface area contributed by atoms with Crippen molar-refractivity contribution >= 4 is 0 Å². The summed E-state index contributed by atoms with van der Waals surface area (Å²) >= 11 is 0. The Balaban J connectivity index is 3.17. The van der Waals surface area contributed by atoms with Crippen molar-refractivity contribution in [3.05, 3.63) is 0 Å².